The Balaban J connectivity index is 2.70. The number of unbranched alkanes of at least 4 members (excludes halogenated alkanes) is 3. The first kappa shape index (κ1) is 16.5. The molecule has 0 spiro atoms. The van der Waals surface area contributed by atoms with Gasteiger partial charge >= 0.3 is 5.97 Å². The number of hydrogen-bond acceptors (Lipinski definition) is 7. The molecule has 0 amide bonds. The fraction of sp³-hybridized carbons (Fsp3) is 0.818. The van der Waals surface area contributed by atoms with Crippen LogP contribution >= 0.6 is 0 Å². The van der Waals surface area contributed by atoms with Crippen molar-refractivity contribution in [2.45, 2.75) is 51.2 Å². The maximum Gasteiger partial charge on any atom is 0.327 e. The van der Waals surface area contributed by atoms with Gasteiger partial charge in [-0.15, -0.1) is 0 Å². The van der Waals surface area contributed by atoms with E-state index in [0.717, 1.165) is 23.9 Å². The van der Waals surface area contributed by atoms with Crippen molar-refractivity contribution >= 4 is 15.8 Å². The van der Waals surface area contributed by atoms with Crippen molar-refractivity contribution in [1.29, 1.82) is 0 Å². The molecule has 9 heteroatoms. The lowest BCUT2D eigenvalue weighted by Crippen LogP contribution is -2.20. The van der Waals surface area contributed by atoms with E-state index in [1.165, 1.54) is 0 Å². The zero-order valence-electron chi connectivity index (χ0n) is 11.8. The molecule has 0 atom stereocenters. The predicted octanol–water partition coefficient (Wildman–Crippen LogP) is 0.590. The largest absolute Gasteiger partial charge is 0.465 e. The molecule has 0 saturated heterocycles. The van der Waals surface area contributed by atoms with E-state index in [2.05, 4.69) is 15.5 Å². The van der Waals surface area contributed by atoms with E-state index in [1.807, 2.05) is 6.92 Å². The Kier molecular flexibility index (Phi) is 6.56. The summed E-state index contributed by atoms with van der Waals surface area (Å²) in [5.41, 5.74) is 0. The topological polar surface area (TPSA) is 104 Å². The summed E-state index contributed by atoms with van der Waals surface area (Å²) in [6.45, 7) is 3.64. The van der Waals surface area contributed by atoms with Gasteiger partial charge in [0.1, 0.15) is 6.54 Å². The van der Waals surface area contributed by atoms with Gasteiger partial charge in [-0.2, -0.15) is 0 Å². The van der Waals surface area contributed by atoms with Crippen LogP contribution in [0.1, 0.15) is 39.5 Å². The summed E-state index contributed by atoms with van der Waals surface area (Å²) in [7, 11) is -3.57. The Morgan fingerprint density at radius 3 is 2.65 bits per heavy atom. The second-order valence-electron chi connectivity index (χ2n) is 4.30. The van der Waals surface area contributed by atoms with E-state index in [9.17, 15) is 13.2 Å². The van der Waals surface area contributed by atoms with Crippen LogP contribution in [0, 0.1) is 0 Å². The summed E-state index contributed by atoms with van der Waals surface area (Å²) in [5, 5.41) is 10.1. The highest BCUT2D eigenvalue weighted by atomic mass is 32.2. The van der Waals surface area contributed by atoms with Crippen LogP contribution in [0.25, 0.3) is 0 Å². The minimum atomic E-state index is -3.57. The molecule has 0 saturated carbocycles. The number of ether oxygens (including phenoxy) is 1. The molecule has 0 fully saturated rings. The first-order valence-corrected chi connectivity index (χ1v) is 8.31. The van der Waals surface area contributed by atoms with Gasteiger partial charge in [-0.1, -0.05) is 31.3 Å². The molecular weight excluding hydrogens is 284 g/mol. The Morgan fingerprint density at radius 1 is 1.25 bits per heavy atom. The number of hydrogen-bond donors (Lipinski definition) is 0. The number of carbonyl (C=O) groups excluding carboxylic acids is 1. The van der Waals surface area contributed by atoms with Crippen molar-refractivity contribution in [3.63, 3.8) is 0 Å². The molecule has 0 aromatic carbocycles. The van der Waals surface area contributed by atoms with Gasteiger partial charge in [-0.25, -0.2) is 13.1 Å². The SMILES string of the molecule is CCCCCCS(=O)(=O)c1nnnn1CC(=O)OCC. The number of sulfone groups is 1. The molecule has 0 aliphatic carbocycles. The maximum absolute atomic E-state index is 12.1. The Morgan fingerprint density at radius 2 is 2.00 bits per heavy atom. The van der Waals surface area contributed by atoms with Crippen LogP contribution in [0.2, 0.25) is 0 Å². The Labute approximate surface area is 118 Å². The summed E-state index contributed by atoms with van der Waals surface area (Å²) in [4.78, 5) is 11.4. The molecule has 0 N–H and O–H groups in total. The van der Waals surface area contributed by atoms with Gasteiger partial charge in [0.25, 0.3) is 5.16 Å². The van der Waals surface area contributed by atoms with Crippen LogP contribution in [-0.4, -0.2) is 47.0 Å². The average molecular weight is 304 g/mol. The first-order valence-electron chi connectivity index (χ1n) is 6.65. The highest BCUT2D eigenvalue weighted by molar-refractivity contribution is 7.91. The number of esters is 1. The van der Waals surface area contributed by atoms with Gasteiger partial charge in [0, 0.05) is 0 Å². The molecule has 1 aromatic heterocycles. The standard InChI is InChI=1S/C11H20N4O4S/c1-3-5-6-7-8-20(17,18)11-12-13-14-15(11)9-10(16)19-4-2/h3-9H2,1-2H3. The van der Waals surface area contributed by atoms with Crippen molar-refractivity contribution in [2.75, 3.05) is 12.4 Å². The van der Waals surface area contributed by atoms with Crippen LogP contribution in [0.3, 0.4) is 0 Å². The van der Waals surface area contributed by atoms with Crippen LogP contribution in [0.5, 0.6) is 0 Å². The highest BCUT2D eigenvalue weighted by Crippen LogP contribution is 2.10. The predicted molar refractivity (Wildman–Crippen MR) is 70.6 cm³/mol. The second-order valence-corrected chi connectivity index (χ2v) is 6.31. The monoisotopic (exact) mass is 304 g/mol. The van der Waals surface area contributed by atoms with Gasteiger partial charge in [0.05, 0.1) is 12.4 Å². The van der Waals surface area contributed by atoms with Crippen molar-refractivity contribution in [3.8, 4) is 0 Å². The molecule has 0 unspecified atom stereocenters. The number of nitrogens with zero attached hydrogens (tertiary/aromatic N) is 4. The third-order valence-electron chi connectivity index (χ3n) is 2.63. The van der Waals surface area contributed by atoms with E-state index in [0.29, 0.717) is 6.42 Å². The smallest absolute Gasteiger partial charge is 0.327 e. The summed E-state index contributed by atoms with van der Waals surface area (Å²) in [6, 6.07) is 0. The molecule has 20 heavy (non-hydrogen) atoms. The maximum atomic E-state index is 12.1. The molecule has 1 heterocycles. The normalized spacial score (nSPS) is 11.5. The number of rotatable bonds is 9. The number of aromatic nitrogens is 4. The van der Waals surface area contributed by atoms with E-state index in [4.69, 9.17) is 4.74 Å². The lowest BCUT2D eigenvalue weighted by molar-refractivity contribution is -0.144. The zero-order chi connectivity index (χ0) is 15.0. The van der Waals surface area contributed by atoms with Crippen LogP contribution < -0.4 is 0 Å². The summed E-state index contributed by atoms with van der Waals surface area (Å²) < 4.78 is 29.9. The molecule has 0 bridgehead atoms. The highest BCUT2D eigenvalue weighted by Gasteiger charge is 2.23. The van der Waals surface area contributed by atoms with Gasteiger partial charge < -0.3 is 4.74 Å². The Bertz CT molecular complexity index is 526. The molecular formula is C11H20N4O4S. The van der Waals surface area contributed by atoms with Gasteiger partial charge in [-0.05, 0) is 23.8 Å². The van der Waals surface area contributed by atoms with Gasteiger partial charge in [0.2, 0.25) is 9.84 Å². The van der Waals surface area contributed by atoms with Crippen molar-refractivity contribution in [3.05, 3.63) is 0 Å². The van der Waals surface area contributed by atoms with Crippen molar-refractivity contribution in [1.82, 2.24) is 20.2 Å². The lowest BCUT2D eigenvalue weighted by Gasteiger charge is -2.05. The molecule has 114 valence electrons. The molecule has 0 radical (unpaired) electrons. The molecule has 0 aliphatic rings. The van der Waals surface area contributed by atoms with E-state index >= 15 is 0 Å². The zero-order valence-corrected chi connectivity index (χ0v) is 12.6. The quantitative estimate of drug-likeness (QED) is 0.485. The van der Waals surface area contributed by atoms with Crippen LogP contribution in [0.15, 0.2) is 5.16 Å². The second kappa shape index (κ2) is 7.93. The minimum Gasteiger partial charge on any atom is -0.465 e. The van der Waals surface area contributed by atoms with E-state index in [-0.39, 0.29) is 24.1 Å². The minimum absolute atomic E-state index is 0.0177. The summed E-state index contributed by atoms with van der Waals surface area (Å²) in [6.07, 6.45) is 3.42. The third kappa shape index (κ3) is 4.87. The van der Waals surface area contributed by atoms with Gasteiger partial charge in [-0.3, -0.25) is 4.79 Å². The lowest BCUT2D eigenvalue weighted by atomic mass is 10.2. The number of carbonyl (C=O) groups is 1. The van der Waals surface area contributed by atoms with Crippen LogP contribution in [0.4, 0.5) is 0 Å². The van der Waals surface area contributed by atoms with Crippen molar-refractivity contribution in [2.24, 2.45) is 0 Å². The fourth-order valence-electron chi connectivity index (χ4n) is 1.66. The number of tetrazole rings is 1. The fourth-order valence-corrected chi connectivity index (χ4v) is 3.01. The molecule has 8 nitrogen and oxygen atoms in total. The summed E-state index contributed by atoms with van der Waals surface area (Å²) in [5.74, 6) is -0.585. The van der Waals surface area contributed by atoms with Crippen LogP contribution in [-0.2, 0) is 25.9 Å². The molecule has 1 rings (SSSR count). The van der Waals surface area contributed by atoms with Crippen molar-refractivity contribution < 1.29 is 17.9 Å². The molecule has 0 aliphatic heterocycles. The Hall–Kier alpha value is -1.51. The van der Waals surface area contributed by atoms with Gasteiger partial charge in [0.15, 0.2) is 0 Å². The average Bonchev–Trinajstić information content (AvgIpc) is 2.84. The van der Waals surface area contributed by atoms with E-state index in [1.54, 1.807) is 6.92 Å². The van der Waals surface area contributed by atoms with E-state index < -0.39 is 15.8 Å². The third-order valence-corrected chi connectivity index (χ3v) is 4.30. The first-order chi connectivity index (χ1) is 9.51. The summed E-state index contributed by atoms with van der Waals surface area (Å²) >= 11 is 0. The molecule has 1 aromatic rings.